The first kappa shape index (κ1) is 23.9. The van der Waals surface area contributed by atoms with Gasteiger partial charge in [-0.3, -0.25) is 24.7 Å². The summed E-state index contributed by atoms with van der Waals surface area (Å²) in [5, 5.41) is 22.5. The van der Waals surface area contributed by atoms with Crippen LogP contribution in [0.1, 0.15) is 29.7 Å². The molecule has 35 heavy (non-hydrogen) atoms. The Morgan fingerprint density at radius 2 is 1.94 bits per heavy atom. The second-order valence-corrected chi connectivity index (χ2v) is 8.12. The van der Waals surface area contributed by atoms with E-state index in [0.29, 0.717) is 23.5 Å². The molecule has 1 aromatic heterocycles. The summed E-state index contributed by atoms with van der Waals surface area (Å²) in [4.78, 5) is 42.1. The molecule has 0 bridgehead atoms. The highest BCUT2D eigenvalue weighted by molar-refractivity contribution is 6.46. The molecule has 10 heteroatoms. The Bertz CT molecular complexity index is 1320. The largest absolute Gasteiger partial charge is 0.507 e. The number of aliphatic hydroxyl groups is 1. The number of aliphatic hydroxyl groups excluding tert-OH is 1. The standard InChI is InChI=1S/C25H20ClN3O6/c1-2-35-20-10-7-17(12-19(20)26)23(30)21-22(16-5-8-18(9-6-16)29(33)34)28(25(32)24(21)31)14-15-4-3-11-27-13-15/h3-13,22,30H,2,14H2,1H3/b23-21+/t22-/m1/s1. The summed E-state index contributed by atoms with van der Waals surface area (Å²) >= 11 is 6.27. The number of nitro groups is 1. The first-order valence-corrected chi connectivity index (χ1v) is 11.0. The van der Waals surface area contributed by atoms with Crippen LogP contribution in [-0.4, -0.2) is 38.2 Å². The molecule has 1 fully saturated rings. The topological polar surface area (TPSA) is 123 Å². The molecule has 4 rings (SSSR count). The van der Waals surface area contributed by atoms with Crippen molar-refractivity contribution in [3.8, 4) is 5.75 Å². The molecule has 1 aliphatic rings. The molecule has 0 unspecified atom stereocenters. The van der Waals surface area contributed by atoms with E-state index in [1.54, 1.807) is 37.5 Å². The van der Waals surface area contributed by atoms with Crippen LogP contribution in [0.3, 0.4) is 0 Å². The molecular formula is C25H20ClN3O6. The predicted molar refractivity (Wildman–Crippen MR) is 128 cm³/mol. The molecule has 1 saturated heterocycles. The van der Waals surface area contributed by atoms with E-state index in [-0.39, 0.29) is 28.4 Å². The third-order valence-electron chi connectivity index (χ3n) is 5.54. The average molecular weight is 494 g/mol. The summed E-state index contributed by atoms with van der Waals surface area (Å²) in [6.45, 7) is 2.24. The molecule has 2 heterocycles. The lowest BCUT2D eigenvalue weighted by molar-refractivity contribution is -0.384. The number of rotatable bonds is 7. The van der Waals surface area contributed by atoms with Crippen molar-refractivity contribution in [2.45, 2.75) is 19.5 Å². The van der Waals surface area contributed by atoms with Crippen molar-refractivity contribution in [3.05, 3.63) is 104 Å². The maximum Gasteiger partial charge on any atom is 0.295 e. The SMILES string of the molecule is CCOc1ccc(/C(O)=C2\C(=O)C(=O)N(Cc3cccnc3)[C@@H]2c2ccc([N+](=O)[O-])cc2)cc1Cl. The van der Waals surface area contributed by atoms with Gasteiger partial charge in [0, 0.05) is 36.6 Å². The van der Waals surface area contributed by atoms with Crippen LogP contribution in [0.25, 0.3) is 5.76 Å². The van der Waals surface area contributed by atoms with Crippen molar-refractivity contribution in [1.82, 2.24) is 9.88 Å². The molecule has 2 aromatic carbocycles. The quantitative estimate of drug-likeness (QED) is 0.167. The third-order valence-corrected chi connectivity index (χ3v) is 5.84. The van der Waals surface area contributed by atoms with Gasteiger partial charge in [-0.15, -0.1) is 0 Å². The zero-order valence-electron chi connectivity index (χ0n) is 18.6. The van der Waals surface area contributed by atoms with Crippen LogP contribution >= 0.6 is 11.6 Å². The number of amides is 1. The molecule has 0 aliphatic carbocycles. The first-order chi connectivity index (χ1) is 16.8. The Morgan fingerprint density at radius 3 is 2.54 bits per heavy atom. The number of nitrogens with zero attached hydrogens (tertiary/aromatic N) is 3. The van der Waals surface area contributed by atoms with Gasteiger partial charge in [0.05, 0.1) is 28.2 Å². The fraction of sp³-hybridized carbons (Fsp3) is 0.160. The lowest BCUT2D eigenvalue weighted by Crippen LogP contribution is -2.29. The van der Waals surface area contributed by atoms with Crippen LogP contribution in [-0.2, 0) is 16.1 Å². The number of hydrogen-bond acceptors (Lipinski definition) is 7. The van der Waals surface area contributed by atoms with Crippen LogP contribution in [0.5, 0.6) is 5.75 Å². The van der Waals surface area contributed by atoms with E-state index in [1.165, 1.54) is 41.3 Å². The van der Waals surface area contributed by atoms with Crippen molar-refractivity contribution < 1.29 is 24.4 Å². The molecular weight excluding hydrogens is 474 g/mol. The number of aromatic nitrogens is 1. The van der Waals surface area contributed by atoms with Crippen molar-refractivity contribution in [2.75, 3.05) is 6.61 Å². The minimum absolute atomic E-state index is 0.0425. The summed E-state index contributed by atoms with van der Waals surface area (Å²) in [5.41, 5.74) is 1.04. The van der Waals surface area contributed by atoms with E-state index in [0.717, 1.165) is 0 Å². The Kier molecular flexibility index (Phi) is 6.79. The number of ketones is 1. The number of ether oxygens (including phenoxy) is 1. The highest BCUT2D eigenvalue weighted by Crippen LogP contribution is 2.41. The van der Waals surface area contributed by atoms with Crippen LogP contribution in [0, 0.1) is 10.1 Å². The Labute approximate surface area is 205 Å². The van der Waals surface area contributed by atoms with Gasteiger partial charge in [0.1, 0.15) is 11.5 Å². The number of pyridine rings is 1. The monoisotopic (exact) mass is 493 g/mol. The number of halogens is 1. The number of Topliss-reactive ketones (excluding diaryl/α,β-unsaturated/α-hetero) is 1. The highest BCUT2D eigenvalue weighted by atomic mass is 35.5. The van der Waals surface area contributed by atoms with Crippen LogP contribution < -0.4 is 4.74 Å². The van der Waals surface area contributed by atoms with E-state index in [1.807, 2.05) is 0 Å². The second kappa shape index (κ2) is 9.94. The van der Waals surface area contributed by atoms with E-state index in [2.05, 4.69) is 4.98 Å². The second-order valence-electron chi connectivity index (χ2n) is 7.72. The van der Waals surface area contributed by atoms with Crippen LogP contribution in [0.15, 0.2) is 72.6 Å². The Balaban J connectivity index is 1.84. The normalized spacial score (nSPS) is 17.0. The Morgan fingerprint density at radius 1 is 1.20 bits per heavy atom. The van der Waals surface area contributed by atoms with E-state index in [4.69, 9.17) is 16.3 Å². The van der Waals surface area contributed by atoms with Gasteiger partial charge in [-0.1, -0.05) is 17.7 Å². The van der Waals surface area contributed by atoms with Crippen molar-refractivity contribution in [1.29, 1.82) is 0 Å². The Hall–Kier alpha value is -4.24. The third kappa shape index (κ3) is 4.71. The maximum atomic E-state index is 13.1. The maximum absolute atomic E-state index is 13.1. The number of carbonyl (C=O) groups excluding carboxylic acids is 2. The van der Waals surface area contributed by atoms with Gasteiger partial charge < -0.3 is 14.7 Å². The number of hydrogen-bond donors (Lipinski definition) is 1. The molecule has 3 aromatic rings. The van der Waals surface area contributed by atoms with Gasteiger partial charge in [-0.05, 0) is 54.4 Å². The minimum Gasteiger partial charge on any atom is -0.507 e. The summed E-state index contributed by atoms with van der Waals surface area (Å²) in [5.74, 6) is -1.68. The summed E-state index contributed by atoms with van der Waals surface area (Å²) in [6, 6.07) is 12.5. The summed E-state index contributed by atoms with van der Waals surface area (Å²) in [7, 11) is 0. The molecule has 1 N–H and O–H groups in total. The van der Waals surface area contributed by atoms with Crippen LogP contribution in [0.4, 0.5) is 5.69 Å². The summed E-state index contributed by atoms with van der Waals surface area (Å²) < 4.78 is 5.42. The fourth-order valence-electron chi connectivity index (χ4n) is 3.93. The predicted octanol–water partition coefficient (Wildman–Crippen LogP) is 4.66. The molecule has 1 atom stereocenters. The number of benzene rings is 2. The molecule has 178 valence electrons. The summed E-state index contributed by atoms with van der Waals surface area (Å²) in [6.07, 6.45) is 3.15. The smallest absolute Gasteiger partial charge is 0.295 e. The number of likely N-dealkylation sites (tertiary alicyclic amines) is 1. The fourth-order valence-corrected chi connectivity index (χ4v) is 4.17. The minimum atomic E-state index is -0.985. The van der Waals surface area contributed by atoms with Gasteiger partial charge in [-0.2, -0.15) is 0 Å². The van der Waals surface area contributed by atoms with E-state index >= 15 is 0 Å². The zero-order chi connectivity index (χ0) is 25.1. The molecule has 0 radical (unpaired) electrons. The molecule has 0 saturated carbocycles. The number of non-ortho nitro benzene ring substituents is 1. The first-order valence-electron chi connectivity index (χ1n) is 10.7. The van der Waals surface area contributed by atoms with E-state index in [9.17, 15) is 24.8 Å². The molecule has 1 aliphatic heterocycles. The molecule has 1 amide bonds. The highest BCUT2D eigenvalue weighted by Gasteiger charge is 2.46. The van der Waals surface area contributed by atoms with Crippen molar-refractivity contribution in [2.24, 2.45) is 0 Å². The lowest BCUT2D eigenvalue weighted by Gasteiger charge is -2.25. The van der Waals surface area contributed by atoms with Crippen molar-refractivity contribution in [3.63, 3.8) is 0 Å². The zero-order valence-corrected chi connectivity index (χ0v) is 19.3. The number of nitro benzene ring substituents is 1. The van der Waals surface area contributed by atoms with Crippen molar-refractivity contribution >= 4 is 34.7 Å². The van der Waals surface area contributed by atoms with Gasteiger partial charge in [0.2, 0.25) is 0 Å². The molecule has 9 nitrogen and oxygen atoms in total. The van der Waals surface area contributed by atoms with Gasteiger partial charge in [0.15, 0.2) is 0 Å². The number of carbonyl (C=O) groups is 2. The van der Waals surface area contributed by atoms with E-state index < -0.39 is 28.4 Å². The van der Waals surface area contributed by atoms with Crippen LogP contribution in [0.2, 0.25) is 5.02 Å². The molecule has 0 spiro atoms. The van der Waals surface area contributed by atoms with Gasteiger partial charge in [-0.25, -0.2) is 0 Å². The average Bonchev–Trinajstić information content (AvgIpc) is 3.10. The van der Waals surface area contributed by atoms with Gasteiger partial charge in [0.25, 0.3) is 17.4 Å². The lowest BCUT2D eigenvalue weighted by atomic mass is 9.95. The van der Waals surface area contributed by atoms with Gasteiger partial charge >= 0.3 is 0 Å².